The van der Waals surface area contributed by atoms with E-state index in [0.717, 1.165) is 19.6 Å². The van der Waals surface area contributed by atoms with Crippen molar-refractivity contribution in [2.75, 3.05) is 25.6 Å². The molecule has 1 aliphatic carbocycles. The molecular formula is C13H17N5O3. The second kappa shape index (κ2) is 5.28. The molecule has 0 amide bonds. The van der Waals surface area contributed by atoms with Crippen LogP contribution in [0.25, 0.3) is 5.65 Å². The van der Waals surface area contributed by atoms with Gasteiger partial charge in [-0.2, -0.15) is 0 Å². The Bertz CT molecular complexity index is 665. The minimum Gasteiger partial charge on any atom is -0.385 e. The summed E-state index contributed by atoms with van der Waals surface area (Å²) in [6.45, 7) is 1.55. The van der Waals surface area contributed by atoms with Gasteiger partial charge >= 0.3 is 5.82 Å². The Hall–Kier alpha value is -2.22. The number of aromatic nitrogens is 3. The number of nitrogens with zero attached hydrogens (tertiary/aromatic N) is 4. The smallest absolute Gasteiger partial charge is 0.368 e. The molecule has 0 radical (unpaired) electrons. The Kier molecular flexibility index (Phi) is 3.46. The number of hydrogen-bond acceptors (Lipinski definition) is 6. The first kappa shape index (κ1) is 13.7. The summed E-state index contributed by atoms with van der Waals surface area (Å²) in [6, 6.07) is 3.51. The van der Waals surface area contributed by atoms with E-state index in [9.17, 15) is 10.1 Å². The van der Waals surface area contributed by atoms with E-state index in [1.165, 1.54) is 23.6 Å². The van der Waals surface area contributed by atoms with Crippen molar-refractivity contribution in [3.63, 3.8) is 0 Å². The van der Waals surface area contributed by atoms with Gasteiger partial charge in [0.05, 0.1) is 0 Å². The van der Waals surface area contributed by atoms with E-state index in [2.05, 4.69) is 15.4 Å². The highest BCUT2D eigenvalue weighted by atomic mass is 16.6. The van der Waals surface area contributed by atoms with E-state index >= 15 is 0 Å². The number of ether oxygens (including phenoxy) is 1. The lowest BCUT2D eigenvalue weighted by atomic mass is 10.0. The Morgan fingerprint density at radius 2 is 2.33 bits per heavy atom. The predicted octanol–water partition coefficient (Wildman–Crippen LogP) is 1.87. The fourth-order valence-corrected chi connectivity index (χ4v) is 2.37. The highest BCUT2D eigenvalue weighted by Crippen LogP contribution is 2.48. The normalized spacial score (nSPS) is 16.0. The van der Waals surface area contributed by atoms with E-state index in [4.69, 9.17) is 4.74 Å². The van der Waals surface area contributed by atoms with Gasteiger partial charge in [-0.1, -0.05) is 9.61 Å². The lowest BCUT2D eigenvalue weighted by molar-refractivity contribution is -0.391. The number of nitrogens with one attached hydrogen (secondary N) is 1. The molecule has 1 saturated carbocycles. The lowest BCUT2D eigenvalue weighted by Gasteiger charge is -2.15. The molecule has 0 aliphatic heterocycles. The lowest BCUT2D eigenvalue weighted by Crippen LogP contribution is -2.18. The van der Waals surface area contributed by atoms with Crippen LogP contribution in [-0.2, 0) is 4.74 Å². The van der Waals surface area contributed by atoms with Gasteiger partial charge in [0.25, 0.3) is 0 Å². The van der Waals surface area contributed by atoms with Crippen LogP contribution in [0.2, 0.25) is 0 Å². The zero-order valence-electron chi connectivity index (χ0n) is 11.8. The third kappa shape index (κ3) is 2.80. The summed E-state index contributed by atoms with van der Waals surface area (Å²) in [4.78, 5) is 14.4. The van der Waals surface area contributed by atoms with Crippen molar-refractivity contribution in [1.29, 1.82) is 0 Å². The number of methoxy groups -OCH3 is 1. The maximum atomic E-state index is 10.9. The van der Waals surface area contributed by atoms with Crippen LogP contribution in [0.5, 0.6) is 0 Å². The van der Waals surface area contributed by atoms with E-state index in [1.54, 1.807) is 19.2 Å². The second-order valence-electron chi connectivity index (χ2n) is 5.46. The zero-order chi connectivity index (χ0) is 14.9. The third-order valence-electron chi connectivity index (χ3n) is 3.97. The molecule has 0 unspecified atom stereocenters. The highest BCUT2D eigenvalue weighted by molar-refractivity contribution is 5.48. The average molecular weight is 291 g/mol. The predicted molar refractivity (Wildman–Crippen MR) is 76.3 cm³/mol. The number of nitro groups is 1. The maximum Gasteiger partial charge on any atom is 0.368 e. The van der Waals surface area contributed by atoms with Crippen molar-refractivity contribution in [3.8, 4) is 0 Å². The van der Waals surface area contributed by atoms with Crippen LogP contribution >= 0.6 is 0 Å². The van der Waals surface area contributed by atoms with Gasteiger partial charge in [0.1, 0.15) is 6.20 Å². The zero-order valence-corrected chi connectivity index (χ0v) is 11.8. The van der Waals surface area contributed by atoms with Gasteiger partial charge in [-0.15, -0.1) is 0 Å². The summed E-state index contributed by atoms with van der Waals surface area (Å²) in [6.07, 6.45) is 4.59. The van der Waals surface area contributed by atoms with Crippen LogP contribution in [0.4, 0.5) is 11.6 Å². The Morgan fingerprint density at radius 3 is 3.00 bits per heavy atom. The molecule has 8 heteroatoms. The molecule has 1 aliphatic rings. The van der Waals surface area contributed by atoms with Gasteiger partial charge < -0.3 is 20.2 Å². The molecule has 112 valence electrons. The SMILES string of the molecule is COCCC1(CNc2ccc3ncc([N+](=O)[O-])n3n2)CC1. The fraction of sp³-hybridized carbons (Fsp3) is 0.538. The molecule has 0 spiro atoms. The van der Waals surface area contributed by atoms with Gasteiger partial charge in [0, 0.05) is 26.3 Å². The summed E-state index contributed by atoms with van der Waals surface area (Å²) >= 11 is 0. The molecule has 0 aromatic carbocycles. The van der Waals surface area contributed by atoms with Crippen LogP contribution in [0, 0.1) is 15.5 Å². The van der Waals surface area contributed by atoms with Crippen LogP contribution in [0.3, 0.4) is 0 Å². The summed E-state index contributed by atoms with van der Waals surface area (Å²) < 4.78 is 6.38. The summed E-state index contributed by atoms with van der Waals surface area (Å²) in [5.41, 5.74) is 0.751. The third-order valence-corrected chi connectivity index (χ3v) is 3.97. The van der Waals surface area contributed by atoms with E-state index < -0.39 is 4.92 Å². The largest absolute Gasteiger partial charge is 0.385 e. The van der Waals surface area contributed by atoms with Gasteiger partial charge in [0.2, 0.25) is 5.65 Å². The maximum absolute atomic E-state index is 10.9. The summed E-state index contributed by atoms with van der Waals surface area (Å²) in [7, 11) is 1.71. The fourth-order valence-electron chi connectivity index (χ4n) is 2.37. The number of rotatable bonds is 7. The van der Waals surface area contributed by atoms with Crippen molar-refractivity contribution < 1.29 is 9.66 Å². The van der Waals surface area contributed by atoms with Gasteiger partial charge in [-0.05, 0) is 35.7 Å². The molecule has 3 rings (SSSR count). The Morgan fingerprint density at radius 1 is 1.52 bits per heavy atom. The average Bonchev–Trinajstić information content (AvgIpc) is 3.12. The monoisotopic (exact) mass is 291 g/mol. The number of anilines is 1. The first-order valence-electron chi connectivity index (χ1n) is 6.86. The number of hydrogen-bond donors (Lipinski definition) is 1. The van der Waals surface area contributed by atoms with Gasteiger partial charge in [0.15, 0.2) is 5.82 Å². The van der Waals surface area contributed by atoms with Gasteiger partial charge in [-0.25, -0.2) is 4.98 Å². The first-order chi connectivity index (χ1) is 10.1. The molecule has 0 saturated heterocycles. The number of fused-ring (bicyclic) bond motifs is 1. The Labute approximate surface area is 121 Å². The van der Waals surface area contributed by atoms with Crippen molar-refractivity contribution in [1.82, 2.24) is 14.6 Å². The van der Waals surface area contributed by atoms with Crippen LogP contribution in [0.1, 0.15) is 19.3 Å². The topological polar surface area (TPSA) is 94.6 Å². The quantitative estimate of drug-likeness (QED) is 0.618. The van der Waals surface area contributed by atoms with Crippen LogP contribution < -0.4 is 5.32 Å². The molecular weight excluding hydrogens is 274 g/mol. The van der Waals surface area contributed by atoms with E-state index in [0.29, 0.717) is 11.5 Å². The Balaban J connectivity index is 1.72. The van der Waals surface area contributed by atoms with E-state index in [1.807, 2.05) is 0 Å². The first-order valence-corrected chi connectivity index (χ1v) is 6.86. The molecule has 1 fully saturated rings. The molecule has 0 atom stereocenters. The molecule has 2 aromatic rings. The summed E-state index contributed by atoms with van der Waals surface area (Å²) in [5, 5.41) is 18.4. The van der Waals surface area contributed by atoms with Crippen molar-refractivity contribution in [2.45, 2.75) is 19.3 Å². The number of imidazole rings is 1. The minimum atomic E-state index is -0.488. The molecule has 1 N–H and O–H groups in total. The molecule has 2 aromatic heterocycles. The molecule has 8 nitrogen and oxygen atoms in total. The van der Waals surface area contributed by atoms with Crippen molar-refractivity contribution in [3.05, 3.63) is 28.4 Å². The van der Waals surface area contributed by atoms with Crippen molar-refractivity contribution >= 4 is 17.3 Å². The minimum absolute atomic E-state index is 0.130. The second-order valence-corrected chi connectivity index (χ2v) is 5.46. The summed E-state index contributed by atoms with van der Waals surface area (Å²) in [5.74, 6) is 0.487. The molecule has 2 heterocycles. The standard InChI is InChI=1S/C13H17N5O3/c1-21-7-6-13(4-5-13)9-15-10-2-3-11-14-8-12(18(19)20)17(11)16-10/h2-3,8H,4-7,9H2,1H3,(H,15,16). The molecule has 0 bridgehead atoms. The van der Waals surface area contributed by atoms with Crippen LogP contribution in [0.15, 0.2) is 18.3 Å². The van der Waals surface area contributed by atoms with Crippen molar-refractivity contribution in [2.24, 2.45) is 5.41 Å². The van der Waals surface area contributed by atoms with Crippen LogP contribution in [-0.4, -0.2) is 39.8 Å². The molecule has 21 heavy (non-hydrogen) atoms. The highest BCUT2D eigenvalue weighted by Gasteiger charge is 2.41. The van der Waals surface area contributed by atoms with E-state index in [-0.39, 0.29) is 11.2 Å². The van der Waals surface area contributed by atoms with Gasteiger partial charge in [-0.3, -0.25) is 0 Å².